The Hall–Kier alpha value is -2.34. The van der Waals surface area contributed by atoms with Gasteiger partial charge in [-0.1, -0.05) is 91.9 Å². The highest BCUT2D eigenvalue weighted by Crippen LogP contribution is 2.48. The Bertz CT molecular complexity index is 787. The fourth-order valence-corrected chi connectivity index (χ4v) is 4.31. The number of hydrogen-bond acceptors (Lipinski definition) is 0. The van der Waals surface area contributed by atoms with Crippen molar-refractivity contribution in [1.82, 2.24) is 0 Å². The molecule has 0 aromatic heterocycles. The normalized spacial score (nSPS) is 20.5. The van der Waals surface area contributed by atoms with Crippen LogP contribution in [-0.2, 0) is 0 Å². The summed E-state index contributed by atoms with van der Waals surface area (Å²) < 4.78 is 0. The third kappa shape index (κ3) is 2.89. The molecule has 0 spiro atoms. The highest BCUT2D eigenvalue weighted by Gasteiger charge is 2.32. The Balaban J connectivity index is 1.61. The summed E-state index contributed by atoms with van der Waals surface area (Å²) in [6.07, 6.45) is 2.46. The lowest BCUT2D eigenvalue weighted by Gasteiger charge is -2.18. The molecule has 120 valence electrons. The number of benzene rings is 3. The van der Waals surface area contributed by atoms with Crippen LogP contribution in [0.3, 0.4) is 0 Å². The Morgan fingerprint density at radius 1 is 0.750 bits per heavy atom. The minimum absolute atomic E-state index is 0.551. The van der Waals surface area contributed by atoms with Crippen molar-refractivity contribution in [1.29, 1.82) is 0 Å². The Kier molecular flexibility index (Phi) is 4.21. The summed E-state index contributed by atoms with van der Waals surface area (Å²) in [6.45, 7) is 2.37. The van der Waals surface area contributed by atoms with Crippen LogP contribution in [0.15, 0.2) is 84.9 Å². The van der Waals surface area contributed by atoms with Gasteiger partial charge in [0, 0.05) is 5.92 Å². The van der Waals surface area contributed by atoms with Gasteiger partial charge in [0.15, 0.2) is 0 Å². The molecule has 0 nitrogen and oxygen atoms in total. The van der Waals surface area contributed by atoms with Gasteiger partial charge in [-0.2, -0.15) is 0 Å². The fraction of sp³-hybridized carbons (Fsp3) is 0.250. The molecule has 24 heavy (non-hydrogen) atoms. The van der Waals surface area contributed by atoms with E-state index in [2.05, 4.69) is 91.9 Å². The first-order valence-corrected chi connectivity index (χ1v) is 9.01. The molecule has 0 amide bonds. The molecule has 0 saturated carbocycles. The lowest BCUT2D eigenvalue weighted by Crippen LogP contribution is -2.02. The van der Waals surface area contributed by atoms with Gasteiger partial charge in [-0.3, -0.25) is 0 Å². The van der Waals surface area contributed by atoms with Crippen LogP contribution < -0.4 is 0 Å². The molecule has 0 saturated heterocycles. The number of hydrogen-bond donors (Lipinski definition) is 0. The zero-order valence-electron chi connectivity index (χ0n) is 14.2. The molecule has 0 aliphatic heterocycles. The van der Waals surface area contributed by atoms with Crippen LogP contribution in [0.2, 0.25) is 0 Å². The Morgan fingerprint density at radius 2 is 1.33 bits per heavy atom. The summed E-state index contributed by atoms with van der Waals surface area (Å²) in [5.74, 6) is 1.80. The van der Waals surface area contributed by atoms with E-state index in [-0.39, 0.29) is 0 Å². The third-order valence-electron chi connectivity index (χ3n) is 5.54. The van der Waals surface area contributed by atoms with Crippen LogP contribution in [-0.4, -0.2) is 0 Å². The highest BCUT2D eigenvalue weighted by atomic mass is 14.4. The lowest BCUT2D eigenvalue weighted by atomic mass is 9.86. The lowest BCUT2D eigenvalue weighted by molar-refractivity contribution is 0.537. The zero-order valence-corrected chi connectivity index (χ0v) is 14.2. The van der Waals surface area contributed by atoms with E-state index >= 15 is 0 Å². The van der Waals surface area contributed by atoms with Gasteiger partial charge >= 0.3 is 0 Å². The van der Waals surface area contributed by atoms with Crippen LogP contribution >= 0.6 is 0 Å². The molecule has 3 atom stereocenters. The van der Waals surface area contributed by atoms with Gasteiger partial charge < -0.3 is 0 Å². The van der Waals surface area contributed by atoms with E-state index < -0.39 is 0 Å². The average molecular weight is 312 g/mol. The second-order valence-corrected chi connectivity index (χ2v) is 7.07. The SMILES string of the molecule is C[C@H](C[C@H]1C[C@H](c2ccccc2)c2ccccc21)c1ccccc1. The largest absolute Gasteiger partial charge is 0.0622 e. The van der Waals surface area contributed by atoms with E-state index in [4.69, 9.17) is 0 Å². The monoisotopic (exact) mass is 312 g/mol. The molecule has 0 N–H and O–H groups in total. The molecule has 0 radical (unpaired) electrons. The molecule has 0 heterocycles. The van der Waals surface area contributed by atoms with Crippen molar-refractivity contribution in [2.75, 3.05) is 0 Å². The van der Waals surface area contributed by atoms with E-state index in [0.717, 1.165) is 0 Å². The van der Waals surface area contributed by atoms with Crippen LogP contribution in [0.5, 0.6) is 0 Å². The number of fused-ring (bicyclic) bond motifs is 1. The Labute approximate surface area is 145 Å². The maximum absolute atomic E-state index is 2.37. The summed E-state index contributed by atoms with van der Waals surface area (Å²) >= 11 is 0. The smallest absolute Gasteiger partial charge is 0.00979 e. The molecule has 3 aromatic rings. The van der Waals surface area contributed by atoms with Crippen molar-refractivity contribution in [3.05, 3.63) is 107 Å². The second kappa shape index (κ2) is 6.65. The summed E-state index contributed by atoms with van der Waals surface area (Å²) in [6, 6.07) is 31.0. The van der Waals surface area contributed by atoms with Gasteiger partial charge in [-0.05, 0) is 46.9 Å². The Morgan fingerprint density at radius 3 is 2.04 bits per heavy atom. The maximum atomic E-state index is 2.37. The molecule has 4 rings (SSSR count). The molecule has 0 bridgehead atoms. The van der Waals surface area contributed by atoms with E-state index in [9.17, 15) is 0 Å². The first-order chi connectivity index (χ1) is 11.8. The first kappa shape index (κ1) is 15.2. The van der Waals surface area contributed by atoms with Gasteiger partial charge in [0.1, 0.15) is 0 Å². The van der Waals surface area contributed by atoms with Crippen molar-refractivity contribution in [3.8, 4) is 0 Å². The molecular weight excluding hydrogens is 288 g/mol. The van der Waals surface area contributed by atoms with Gasteiger partial charge in [0.05, 0.1) is 0 Å². The molecule has 1 aliphatic rings. The van der Waals surface area contributed by atoms with Gasteiger partial charge in [0.2, 0.25) is 0 Å². The summed E-state index contributed by atoms with van der Waals surface area (Å²) in [5.41, 5.74) is 6.01. The zero-order chi connectivity index (χ0) is 16.4. The maximum Gasteiger partial charge on any atom is 0.00979 e. The topological polar surface area (TPSA) is 0 Å². The highest BCUT2D eigenvalue weighted by molar-refractivity contribution is 5.45. The summed E-state index contributed by atoms with van der Waals surface area (Å²) in [7, 11) is 0. The molecular formula is C24H24. The quantitative estimate of drug-likeness (QED) is 0.516. The predicted octanol–water partition coefficient (Wildman–Crippen LogP) is 6.50. The van der Waals surface area contributed by atoms with Crippen LogP contribution in [0.25, 0.3) is 0 Å². The molecule has 0 fully saturated rings. The molecule has 0 heteroatoms. The fourth-order valence-electron chi connectivity index (χ4n) is 4.31. The summed E-state index contributed by atoms with van der Waals surface area (Å²) in [4.78, 5) is 0. The summed E-state index contributed by atoms with van der Waals surface area (Å²) in [5, 5.41) is 0. The predicted molar refractivity (Wildman–Crippen MR) is 102 cm³/mol. The minimum Gasteiger partial charge on any atom is -0.0622 e. The van der Waals surface area contributed by atoms with Crippen molar-refractivity contribution in [2.24, 2.45) is 0 Å². The van der Waals surface area contributed by atoms with E-state index in [1.54, 1.807) is 5.56 Å². The van der Waals surface area contributed by atoms with Gasteiger partial charge in [-0.25, -0.2) is 0 Å². The minimum atomic E-state index is 0.551. The second-order valence-electron chi connectivity index (χ2n) is 7.07. The van der Waals surface area contributed by atoms with Gasteiger partial charge in [0.25, 0.3) is 0 Å². The molecule has 0 unspecified atom stereocenters. The van der Waals surface area contributed by atoms with Crippen molar-refractivity contribution in [3.63, 3.8) is 0 Å². The number of rotatable bonds is 4. The molecule has 3 aromatic carbocycles. The standard InChI is InChI=1S/C24H24/c1-18(19-10-4-2-5-11-19)16-21-17-24(20-12-6-3-7-13-20)23-15-9-8-14-22(21)23/h2-15,18,21,24H,16-17H2,1H3/t18-,21+,24-/m1/s1. The average Bonchev–Trinajstić information content (AvgIpc) is 3.02. The van der Waals surface area contributed by atoms with Crippen LogP contribution in [0.1, 0.15) is 59.8 Å². The van der Waals surface area contributed by atoms with E-state index in [1.807, 2.05) is 0 Å². The van der Waals surface area contributed by atoms with E-state index in [0.29, 0.717) is 17.8 Å². The third-order valence-corrected chi connectivity index (χ3v) is 5.54. The molecule has 1 aliphatic carbocycles. The van der Waals surface area contributed by atoms with Crippen LogP contribution in [0.4, 0.5) is 0 Å². The van der Waals surface area contributed by atoms with Crippen LogP contribution in [0, 0.1) is 0 Å². The van der Waals surface area contributed by atoms with Crippen molar-refractivity contribution >= 4 is 0 Å². The van der Waals surface area contributed by atoms with Gasteiger partial charge in [-0.15, -0.1) is 0 Å². The van der Waals surface area contributed by atoms with E-state index in [1.165, 1.54) is 29.5 Å². The van der Waals surface area contributed by atoms with Crippen molar-refractivity contribution < 1.29 is 0 Å². The van der Waals surface area contributed by atoms with Crippen molar-refractivity contribution in [2.45, 2.75) is 37.5 Å². The first-order valence-electron chi connectivity index (χ1n) is 9.01.